The molecule has 0 aromatic carbocycles. The van der Waals surface area contributed by atoms with Crippen LogP contribution in [0.15, 0.2) is 29.4 Å². The van der Waals surface area contributed by atoms with Crippen molar-refractivity contribution < 1.29 is 4.79 Å². The number of piperazine rings is 1. The first-order chi connectivity index (χ1) is 14.2. The van der Waals surface area contributed by atoms with E-state index < -0.39 is 0 Å². The number of aliphatic imine (C=N–C) groups is 1. The highest BCUT2D eigenvalue weighted by Crippen LogP contribution is 2.43. The second-order valence-corrected chi connectivity index (χ2v) is 8.13. The Hall–Kier alpha value is -2.31. The Morgan fingerprint density at radius 3 is 2.55 bits per heavy atom. The van der Waals surface area contributed by atoms with Crippen molar-refractivity contribution in [3.63, 3.8) is 0 Å². The lowest BCUT2D eigenvalue weighted by molar-refractivity contribution is -0.131. The van der Waals surface area contributed by atoms with E-state index in [0.29, 0.717) is 18.4 Å². The lowest BCUT2D eigenvalue weighted by atomic mass is 9.67. The zero-order valence-electron chi connectivity index (χ0n) is 18.0. The molecular formula is C22H36N6O. The molecule has 2 heterocycles. The monoisotopic (exact) mass is 400 g/mol. The molecule has 2 fully saturated rings. The van der Waals surface area contributed by atoms with Crippen molar-refractivity contribution in [2.24, 2.45) is 10.4 Å². The number of carbonyl (C=O) groups excluding carboxylic acids is 1. The number of aromatic nitrogens is 1. The van der Waals surface area contributed by atoms with Crippen molar-refractivity contribution in [1.82, 2.24) is 20.5 Å². The van der Waals surface area contributed by atoms with Gasteiger partial charge in [-0.05, 0) is 43.7 Å². The van der Waals surface area contributed by atoms with Crippen molar-refractivity contribution in [2.75, 3.05) is 50.7 Å². The molecule has 160 valence electrons. The molecular weight excluding hydrogens is 364 g/mol. The molecule has 1 aromatic rings. The van der Waals surface area contributed by atoms with Gasteiger partial charge in [-0.1, -0.05) is 19.4 Å². The van der Waals surface area contributed by atoms with Gasteiger partial charge in [0, 0.05) is 58.4 Å². The summed E-state index contributed by atoms with van der Waals surface area (Å²) in [5.74, 6) is 2.03. The Kier molecular flexibility index (Phi) is 7.72. The van der Waals surface area contributed by atoms with Crippen LogP contribution in [0.5, 0.6) is 0 Å². The average molecular weight is 401 g/mol. The highest BCUT2D eigenvalue weighted by Gasteiger charge is 2.34. The van der Waals surface area contributed by atoms with Gasteiger partial charge < -0.3 is 20.4 Å². The summed E-state index contributed by atoms with van der Waals surface area (Å²) in [6.45, 7) is 9.83. The standard InChI is InChI=1S/C22H36N6O/c1-3-22(10-7-11-22)18-26-21(23-4-2)25-13-9-20(29)28-16-14-27(15-17-28)19-8-5-6-12-24-19/h5-6,8,12H,3-4,7,9-11,13-18H2,1-2H3,(H2,23,25,26). The van der Waals surface area contributed by atoms with Crippen LogP contribution in [-0.4, -0.2) is 67.6 Å². The maximum absolute atomic E-state index is 12.6. The van der Waals surface area contributed by atoms with E-state index in [4.69, 9.17) is 4.99 Å². The zero-order valence-corrected chi connectivity index (χ0v) is 18.0. The van der Waals surface area contributed by atoms with Crippen LogP contribution < -0.4 is 15.5 Å². The number of amides is 1. The summed E-state index contributed by atoms with van der Waals surface area (Å²) in [5, 5.41) is 6.65. The molecule has 3 rings (SSSR count). The summed E-state index contributed by atoms with van der Waals surface area (Å²) in [7, 11) is 0. The van der Waals surface area contributed by atoms with Gasteiger partial charge in [-0.3, -0.25) is 9.79 Å². The summed E-state index contributed by atoms with van der Waals surface area (Å²) in [6, 6.07) is 5.95. The molecule has 7 nitrogen and oxygen atoms in total. The number of hydrogen-bond acceptors (Lipinski definition) is 4. The minimum Gasteiger partial charge on any atom is -0.357 e. The molecule has 0 atom stereocenters. The second kappa shape index (κ2) is 10.5. The van der Waals surface area contributed by atoms with Crippen molar-refractivity contribution in [1.29, 1.82) is 0 Å². The number of rotatable bonds is 8. The van der Waals surface area contributed by atoms with Gasteiger partial charge in [-0.25, -0.2) is 4.98 Å². The minimum absolute atomic E-state index is 0.207. The van der Waals surface area contributed by atoms with Crippen LogP contribution in [0.4, 0.5) is 5.82 Å². The summed E-state index contributed by atoms with van der Waals surface area (Å²) in [6.07, 6.45) is 7.40. The fourth-order valence-electron chi connectivity index (χ4n) is 4.06. The molecule has 2 N–H and O–H groups in total. The number of nitrogens with zero attached hydrogens (tertiary/aromatic N) is 4. The van der Waals surface area contributed by atoms with E-state index in [1.165, 1.54) is 25.7 Å². The molecule has 0 radical (unpaired) electrons. The molecule has 0 unspecified atom stereocenters. The molecule has 1 aliphatic heterocycles. The lowest BCUT2D eigenvalue weighted by Gasteiger charge is -2.40. The predicted molar refractivity (Wildman–Crippen MR) is 118 cm³/mol. The summed E-state index contributed by atoms with van der Waals surface area (Å²) >= 11 is 0. The van der Waals surface area contributed by atoms with Gasteiger partial charge in [0.1, 0.15) is 5.82 Å². The third-order valence-electron chi connectivity index (χ3n) is 6.32. The van der Waals surface area contributed by atoms with Gasteiger partial charge in [0.05, 0.1) is 0 Å². The average Bonchev–Trinajstić information content (AvgIpc) is 2.74. The number of anilines is 1. The Balaban J connectivity index is 1.40. The van der Waals surface area contributed by atoms with E-state index in [2.05, 4.69) is 34.4 Å². The molecule has 0 bridgehead atoms. The molecule has 29 heavy (non-hydrogen) atoms. The number of carbonyl (C=O) groups is 1. The number of hydrogen-bond donors (Lipinski definition) is 2. The smallest absolute Gasteiger partial charge is 0.224 e. The lowest BCUT2D eigenvalue weighted by Crippen LogP contribution is -2.49. The Morgan fingerprint density at radius 2 is 1.97 bits per heavy atom. The first-order valence-electron chi connectivity index (χ1n) is 11.1. The normalized spacial score (nSPS) is 18.9. The van der Waals surface area contributed by atoms with E-state index in [9.17, 15) is 4.79 Å². The van der Waals surface area contributed by atoms with Crippen LogP contribution in [0.2, 0.25) is 0 Å². The fraction of sp³-hybridized carbons (Fsp3) is 0.682. The molecule has 0 spiro atoms. The van der Waals surface area contributed by atoms with Crippen LogP contribution >= 0.6 is 0 Å². The molecule has 7 heteroatoms. The largest absolute Gasteiger partial charge is 0.357 e. The van der Waals surface area contributed by atoms with Gasteiger partial charge in [0.2, 0.25) is 5.91 Å². The minimum atomic E-state index is 0.207. The maximum atomic E-state index is 12.6. The molecule has 1 aromatic heterocycles. The van der Waals surface area contributed by atoms with Gasteiger partial charge in [-0.2, -0.15) is 0 Å². The summed E-state index contributed by atoms with van der Waals surface area (Å²) in [5.41, 5.74) is 0.408. The Morgan fingerprint density at radius 1 is 1.17 bits per heavy atom. The summed E-state index contributed by atoms with van der Waals surface area (Å²) in [4.78, 5) is 26.0. The van der Waals surface area contributed by atoms with E-state index in [0.717, 1.165) is 51.0 Å². The quantitative estimate of drug-likeness (QED) is 0.517. The second-order valence-electron chi connectivity index (χ2n) is 8.13. The fourth-order valence-corrected chi connectivity index (χ4v) is 4.06. The van der Waals surface area contributed by atoms with Crippen molar-refractivity contribution in [3.05, 3.63) is 24.4 Å². The van der Waals surface area contributed by atoms with Crippen molar-refractivity contribution in [2.45, 2.75) is 46.0 Å². The Labute approximate surface area is 175 Å². The van der Waals surface area contributed by atoms with E-state index in [-0.39, 0.29) is 5.91 Å². The highest BCUT2D eigenvalue weighted by atomic mass is 16.2. The highest BCUT2D eigenvalue weighted by molar-refractivity contribution is 5.81. The van der Waals surface area contributed by atoms with E-state index in [1.54, 1.807) is 0 Å². The third kappa shape index (κ3) is 5.84. The zero-order chi connectivity index (χ0) is 20.5. The molecule has 1 saturated heterocycles. The first kappa shape index (κ1) is 21.4. The van der Waals surface area contributed by atoms with Crippen LogP contribution in [0.1, 0.15) is 46.0 Å². The number of guanidine groups is 1. The Bertz CT molecular complexity index is 660. The molecule has 2 aliphatic rings. The molecule has 1 amide bonds. The topological polar surface area (TPSA) is 72.9 Å². The van der Waals surface area contributed by atoms with Crippen molar-refractivity contribution in [3.8, 4) is 0 Å². The van der Waals surface area contributed by atoms with Gasteiger partial charge in [0.15, 0.2) is 5.96 Å². The van der Waals surface area contributed by atoms with E-state index in [1.807, 2.05) is 29.3 Å². The predicted octanol–water partition coefficient (Wildman–Crippen LogP) is 2.26. The van der Waals surface area contributed by atoms with Crippen LogP contribution in [0, 0.1) is 5.41 Å². The third-order valence-corrected chi connectivity index (χ3v) is 6.32. The molecule has 1 saturated carbocycles. The van der Waals surface area contributed by atoms with Gasteiger partial charge in [0.25, 0.3) is 0 Å². The number of pyridine rings is 1. The van der Waals surface area contributed by atoms with Crippen molar-refractivity contribution >= 4 is 17.7 Å². The van der Waals surface area contributed by atoms with Gasteiger partial charge >= 0.3 is 0 Å². The first-order valence-corrected chi connectivity index (χ1v) is 11.1. The van der Waals surface area contributed by atoms with E-state index >= 15 is 0 Å². The number of nitrogens with one attached hydrogen (secondary N) is 2. The van der Waals surface area contributed by atoms with Crippen LogP contribution in [-0.2, 0) is 4.79 Å². The summed E-state index contributed by atoms with van der Waals surface area (Å²) < 4.78 is 0. The maximum Gasteiger partial charge on any atom is 0.224 e. The van der Waals surface area contributed by atoms with Crippen LogP contribution in [0.25, 0.3) is 0 Å². The van der Waals surface area contributed by atoms with Gasteiger partial charge in [-0.15, -0.1) is 0 Å². The van der Waals surface area contributed by atoms with Crippen LogP contribution in [0.3, 0.4) is 0 Å². The SMILES string of the molecule is CCNC(=NCC1(CC)CCC1)NCCC(=O)N1CCN(c2ccccn2)CC1. The molecule has 1 aliphatic carbocycles.